The highest BCUT2D eigenvalue weighted by Gasteiger charge is 2.19. The fourth-order valence-electron chi connectivity index (χ4n) is 3.20. The number of aliphatic imine (C=N–C) groups is 1. The molecule has 1 heterocycles. The first kappa shape index (κ1) is 19.3. The van der Waals surface area contributed by atoms with E-state index in [9.17, 15) is 9.90 Å². The van der Waals surface area contributed by atoms with Crippen LogP contribution in [0.4, 0.5) is 5.69 Å². The van der Waals surface area contributed by atoms with Gasteiger partial charge in [-0.3, -0.25) is 4.79 Å². The lowest BCUT2D eigenvalue weighted by Crippen LogP contribution is -2.24. The first-order valence-corrected chi connectivity index (χ1v) is 10.5. The Hall–Kier alpha value is -3.05. The number of aromatic hydroxyl groups is 1. The van der Waals surface area contributed by atoms with E-state index in [2.05, 4.69) is 24.4 Å². The van der Waals surface area contributed by atoms with Crippen LogP contribution in [0.3, 0.4) is 0 Å². The molecule has 5 heteroatoms. The summed E-state index contributed by atoms with van der Waals surface area (Å²) in [7, 11) is 0. The van der Waals surface area contributed by atoms with Crippen molar-refractivity contribution in [2.75, 3.05) is 6.54 Å². The van der Waals surface area contributed by atoms with E-state index in [1.165, 1.54) is 0 Å². The molecule has 0 aromatic heterocycles. The lowest BCUT2D eigenvalue weighted by Gasteiger charge is -2.09. The third kappa shape index (κ3) is 4.20. The van der Waals surface area contributed by atoms with Gasteiger partial charge in [-0.2, -0.15) is 0 Å². The molecule has 3 aromatic carbocycles. The highest BCUT2D eigenvalue weighted by Crippen LogP contribution is 2.41. The summed E-state index contributed by atoms with van der Waals surface area (Å²) in [5.74, 6) is 0.145. The Bertz CT molecular complexity index is 1070. The monoisotopic (exact) mass is 402 g/mol. The third-order valence-corrected chi connectivity index (χ3v) is 5.91. The largest absolute Gasteiger partial charge is 0.508 e. The van der Waals surface area contributed by atoms with Crippen LogP contribution in [-0.2, 0) is 0 Å². The van der Waals surface area contributed by atoms with E-state index in [-0.39, 0.29) is 11.7 Å². The lowest BCUT2D eigenvalue weighted by molar-refractivity contribution is 0.0953. The van der Waals surface area contributed by atoms with Gasteiger partial charge in [0.05, 0.1) is 11.4 Å². The van der Waals surface area contributed by atoms with Crippen molar-refractivity contribution in [3.8, 4) is 5.75 Å². The normalized spacial score (nSPS) is 12.4. The van der Waals surface area contributed by atoms with Crippen LogP contribution in [-0.4, -0.2) is 23.3 Å². The zero-order valence-electron chi connectivity index (χ0n) is 16.2. The highest BCUT2D eigenvalue weighted by molar-refractivity contribution is 7.99. The molecule has 0 saturated carbocycles. The molecule has 2 N–H and O–H groups in total. The quantitative estimate of drug-likeness (QED) is 0.430. The molecule has 0 atom stereocenters. The summed E-state index contributed by atoms with van der Waals surface area (Å²) < 4.78 is 0. The number of hydrogen-bond acceptors (Lipinski definition) is 4. The predicted molar refractivity (Wildman–Crippen MR) is 118 cm³/mol. The van der Waals surface area contributed by atoms with E-state index in [0.717, 1.165) is 45.2 Å². The van der Waals surface area contributed by atoms with Gasteiger partial charge < -0.3 is 10.4 Å². The molecule has 1 aliphatic heterocycles. The highest BCUT2D eigenvalue weighted by atomic mass is 32.2. The van der Waals surface area contributed by atoms with E-state index in [0.29, 0.717) is 12.1 Å². The molecular weight excluding hydrogens is 380 g/mol. The number of fused-ring (bicyclic) bond motifs is 2. The Morgan fingerprint density at radius 3 is 2.62 bits per heavy atom. The van der Waals surface area contributed by atoms with Crippen molar-refractivity contribution >= 4 is 29.1 Å². The predicted octanol–water partition coefficient (Wildman–Crippen LogP) is 5.56. The van der Waals surface area contributed by atoms with E-state index >= 15 is 0 Å². The Morgan fingerprint density at radius 1 is 1.03 bits per heavy atom. The summed E-state index contributed by atoms with van der Waals surface area (Å²) in [6.45, 7) is 2.78. The fraction of sp³-hybridized carbons (Fsp3) is 0.167. The Kier molecular flexibility index (Phi) is 5.67. The number of nitrogens with one attached hydrogen (secondary N) is 1. The number of amides is 1. The molecular formula is C24H22N2O2S. The molecule has 1 aliphatic rings. The van der Waals surface area contributed by atoms with E-state index < -0.39 is 0 Å². The first-order chi connectivity index (χ1) is 14.2. The van der Waals surface area contributed by atoms with Gasteiger partial charge in [0, 0.05) is 33.0 Å². The lowest BCUT2D eigenvalue weighted by atomic mass is 10.0. The molecule has 29 heavy (non-hydrogen) atoms. The summed E-state index contributed by atoms with van der Waals surface area (Å²) >= 11 is 1.65. The summed E-state index contributed by atoms with van der Waals surface area (Å²) in [6, 6.07) is 20.9. The molecule has 0 spiro atoms. The minimum atomic E-state index is -0.0746. The molecule has 3 aromatic rings. The molecule has 0 saturated heterocycles. The van der Waals surface area contributed by atoms with Crippen LogP contribution in [0.2, 0.25) is 0 Å². The second kappa shape index (κ2) is 8.53. The van der Waals surface area contributed by atoms with Crippen LogP contribution < -0.4 is 5.32 Å². The zero-order chi connectivity index (χ0) is 20.2. The summed E-state index contributed by atoms with van der Waals surface area (Å²) in [5, 5.41) is 12.6. The van der Waals surface area contributed by atoms with Crippen LogP contribution >= 0.6 is 11.8 Å². The van der Waals surface area contributed by atoms with Gasteiger partial charge in [0.25, 0.3) is 5.91 Å². The summed E-state index contributed by atoms with van der Waals surface area (Å²) in [4.78, 5) is 19.6. The number of carbonyl (C=O) groups excluding carboxylic acids is 1. The maximum absolute atomic E-state index is 12.5. The number of rotatable bonds is 5. The molecule has 0 aliphatic carbocycles. The van der Waals surface area contributed by atoms with Gasteiger partial charge in [-0.05, 0) is 55.0 Å². The van der Waals surface area contributed by atoms with Crippen molar-refractivity contribution in [2.45, 2.75) is 29.6 Å². The van der Waals surface area contributed by atoms with Gasteiger partial charge >= 0.3 is 0 Å². The number of nitrogens with zero attached hydrogens (tertiary/aromatic N) is 1. The minimum Gasteiger partial charge on any atom is -0.508 e. The fourth-order valence-corrected chi connectivity index (χ4v) is 4.21. The number of unbranched alkanes of at least 4 members (excludes halogenated alkanes) is 1. The SMILES string of the molecule is CCCCNC(=O)c1ccc2c(c1)N=C(c1ccc(O)cc1)c1ccccc1S2. The topological polar surface area (TPSA) is 61.7 Å². The van der Waals surface area contributed by atoms with Gasteiger partial charge in [0.1, 0.15) is 5.75 Å². The molecule has 0 fully saturated rings. The molecule has 0 unspecified atom stereocenters. The van der Waals surface area contributed by atoms with Crippen LogP contribution in [0.5, 0.6) is 5.75 Å². The number of benzene rings is 3. The van der Waals surface area contributed by atoms with E-state index in [1.54, 1.807) is 23.9 Å². The molecule has 4 nitrogen and oxygen atoms in total. The number of phenols is 1. The van der Waals surface area contributed by atoms with Gasteiger partial charge in [-0.15, -0.1) is 0 Å². The number of phenolic OH excluding ortho intramolecular Hbond substituents is 1. The van der Waals surface area contributed by atoms with Crippen molar-refractivity contribution in [1.29, 1.82) is 0 Å². The Morgan fingerprint density at radius 2 is 1.83 bits per heavy atom. The summed E-state index contributed by atoms with van der Waals surface area (Å²) in [6.07, 6.45) is 2.00. The smallest absolute Gasteiger partial charge is 0.251 e. The Balaban J connectivity index is 1.78. The summed E-state index contributed by atoms with van der Waals surface area (Å²) in [5.41, 5.74) is 4.17. The van der Waals surface area contributed by atoms with E-state index in [1.807, 2.05) is 42.5 Å². The van der Waals surface area contributed by atoms with Gasteiger partial charge in [-0.1, -0.05) is 43.3 Å². The van der Waals surface area contributed by atoms with Gasteiger partial charge in [-0.25, -0.2) is 4.99 Å². The Labute approximate surface area is 174 Å². The van der Waals surface area contributed by atoms with Crippen LogP contribution in [0.1, 0.15) is 41.3 Å². The number of carbonyl (C=O) groups is 1. The number of hydrogen-bond donors (Lipinski definition) is 2. The first-order valence-electron chi connectivity index (χ1n) is 9.73. The van der Waals surface area contributed by atoms with Crippen molar-refractivity contribution in [3.05, 3.63) is 83.4 Å². The molecule has 0 radical (unpaired) electrons. The van der Waals surface area contributed by atoms with Crippen molar-refractivity contribution in [2.24, 2.45) is 4.99 Å². The van der Waals surface area contributed by atoms with Crippen LogP contribution in [0, 0.1) is 0 Å². The van der Waals surface area contributed by atoms with Gasteiger partial charge in [0.2, 0.25) is 0 Å². The second-order valence-electron chi connectivity index (χ2n) is 6.90. The molecule has 4 rings (SSSR count). The maximum Gasteiger partial charge on any atom is 0.251 e. The van der Waals surface area contributed by atoms with Gasteiger partial charge in [0.15, 0.2) is 0 Å². The van der Waals surface area contributed by atoms with E-state index in [4.69, 9.17) is 4.99 Å². The standard InChI is InChI=1S/C24H22N2O2S/c1-2-3-14-25-24(28)17-10-13-22-20(15-17)26-23(16-8-11-18(27)12-9-16)19-6-4-5-7-21(19)29-22/h4-13,15,27H,2-3,14H2,1H3,(H,25,28). The molecule has 146 valence electrons. The average molecular weight is 403 g/mol. The average Bonchev–Trinajstić information content (AvgIpc) is 2.90. The molecule has 0 bridgehead atoms. The second-order valence-corrected chi connectivity index (χ2v) is 7.98. The van der Waals surface area contributed by atoms with Crippen molar-refractivity contribution in [1.82, 2.24) is 5.32 Å². The third-order valence-electron chi connectivity index (χ3n) is 4.77. The van der Waals surface area contributed by atoms with Crippen molar-refractivity contribution in [3.63, 3.8) is 0 Å². The van der Waals surface area contributed by atoms with Crippen LogP contribution in [0.25, 0.3) is 0 Å². The zero-order valence-corrected chi connectivity index (χ0v) is 17.0. The maximum atomic E-state index is 12.5. The molecule has 1 amide bonds. The van der Waals surface area contributed by atoms with Crippen molar-refractivity contribution < 1.29 is 9.90 Å². The minimum absolute atomic E-state index is 0.0746. The van der Waals surface area contributed by atoms with Crippen LogP contribution in [0.15, 0.2) is 81.5 Å².